The molecule has 1 aromatic heterocycles. The Morgan fingerprint density at radius 1 is 1.41 bits per heavy atom. The molecule has 0 atom stereocenters. The van der Waals surface area contributed by atoms with E-state index in [4.69, 9.17) is 0 Å². The maximum absolute atomic E-state index is 9.54. The van der Waals surface area contributed by atoms with E-state index in [2.05, 4.69) is 23.7 Å². The molecule has 2 rings (SSSR count). The van der Waals surface area contributed by atoms with Crippen LogP contribution < -0.4 is 4.90 Å². The third-order valence-electron chi connectivity index (χ3n) is 3.34. The predicted octanol–water partition coefficient (Wildman–Crippen LogP) is 2.57. The van der Waals surface area contributed by atoms with Crippen LogP contribution in [0.25, 0.3) is 0 Å². The van der Waals surface area contributed by atoms with Crippen LogP contribution in [0.4, 0.5) is 5.82 Å². The van der Waals surface area contributed by atoms with Crippen molar-refractivity contribution in [2.45, 2.75) is 52.7 Å². The molecular formula is C14H22N2O. The summed E-state index contributed by atoms with van der Waals surface area (Å²) in [7, 11) is 0. The van der Waals surface area contributed by atoms with Gasteiger partial charge in [0.1, 0.15) is 5.82 Å². The summed E-state index contributed by atoms with van der Waals surface area (Å²) >= 11 is 0. The minimum Gasteiger partial charge on any atom is -0.392 e. The zero-order chi connectivity index (χ0) is 12.4. The first-order valence-electron chi connectivity index (χ1n) is 6.52. The number of aromatic nitrogens is 1. The van der Waals surface area contributed by atoms with Crippen LogP contribution in [0.5, 0.6) is 0 Å². The van der Waals surface area contributed by atoms with Crippen molar-refractivity contribution in [1.29, 1.82) is 0 Å². The van der Waals surface area contributed by atoms with Crippen LogP contribution in [0.15, 0.2) is 6.07 Å². The smallest absolute Gasteiger partial charge is 0.134 e. The average Bonchev–Trinajstić information content (AvgIpc) is 3.08. The van der Waals surface area contributed by atoms with Crippen molar-refractivity contribution in [3.8, 4) is 0 Å². The first-order valence-corrected chi connectivity index (χ1v) is 6.52. The normalized spacial score (nSPS) is 15.1. The van der Waals surface area contributed by atoms with Crippen LogP contribution in [-0.2, 0) is 6.61 Å². The lowest BCUT2D eigenvalue weighted by atomic mass is 10.1. The number of pyridine rings is 1. The summed E-state index contributed by atoms with van der Waals surface area (Å²) in [5.41, 5.74) is 3.18. The Morgan fingerprint density at radius 2 is 2.12 bits per heavy atom. The van der Waals surface area contributed by atoms with Crippen molar-refractivity contribution < 1.29 is 5.11 Å². The van der Waals surface area contributed by atoms with Crippen LogP contribution in [-0.4, -0.2) is 22.7 Å². The lowest BCUT2D eigenvalue weighted by Gasteiger charge is -2.26. The highest BCUT2D eigenvalue weighted by Gasteiger charge is 2.31. The maximum Gasteiger partial charge on any atom is 0.134 e. The van der Waals surface area contributed by atoms with Gasteiger partial charge in [0.15, 0.2) is 0 Å². The average molecular weight is 234 g/mol. The fraction of sp³-hybridized carbons (Fsp3) is 0.643. The molecular weight excluding hydrogens is 212 g/mol. The monoisotopic (exact) mass is 234 g/mol. The van der Waals surface area contributed by atoms with E-state index in [9.17, 15) is 5.11 Å². The molecule has 0 amide bonds. The number of hydrogen-bond acceptors (Lipinski definition) is 3. The molecule has 0 aromatic carbocycles. The Morgan fingerprint density at radius 3 is 2.65 bits per heavy atom. The van der Waals surface area contributed by atoms with E-state index in [1.807, 2.05) is 13.0 Å². The van der Waals surface area contributed by atoms with Gasteiger partial charge in [-0.25, -0.2) is 4.98 Å². The Labute approximate surface area is 103 Å². The summed E-state index contributed by atoms with van der Waals surface area (Å²) in [6.07, 6.45) is 3.65. The minimum absolute atomic E-state index is 0.0847. The fourth-order valence-electron chi connectivity index (χ4n) is 2.37. The Balaban J connectivity index is 2.39. The second kappa shape index (κ2) is 5.05. The van der Waals surface area contributed by atoms with Gasteiger partial charge >= 0.3 is 0 Å². The first kappa shape index (κ1) is 12.4. The molecule has 0 unspecified atom stereocenters. The topological polar surface area (TPSA) is 36.4 Å². The highest BCUT2D eigenvalue weighted by molar-refractivity contribution is 5.53. The summed E-state index contributed by atoms with van der Waals surface area (Å²) in [4.78, 5) is 7.03. The molecule has 17 heavy (non-hydrogen) atoms. The lowest BCUT2D eigenvalue weighted by molar-refractivity contribution is 0.280. The molecule has 0 aliphatic heterocycles. The standard InChI is InChI=1S/C14H22N2O/c1-4-7-16(12-5-6-12)14-13(9-17)10(2)8-11(3)15-14/h8,12,17H,4-7,9H2,1-3H3. The van der Waals surface area contributed by atoms with Crippen molar-refractivity contribution in [2.24, 2.45) is 0 Å². The zero-order valence-corrected chi connectivity index (χ0v) is 11.0. The predicted molar refractivity (Wildman–Crippen MR) is 70.3 cm³/mol. The van der Waals surface area contributed by atoms with Crippen molar-refractivity contribution in [3.05, 3.63) is 22.9 Å². The van der Waals surface area contributed by atoms with Gasteiger partial charge in [-0.05, 0) is 44.7 Å². The molecule has 0 saturated heterocycles. The van der Waals surface area contributed by atoms with E-state index in [1.165, 1.54) is 12.8 Å². The third kappa shape index (κ3) is 2.60. The molecule has 94 valence electrons. The van der Waals surface area contributed by atoms with Crippen LogP contribution in [0, 0.1) is 13.8 Å². The van der Waals surface area contributed by atoms with Crippen molar-refractivity contribution in [1.82, 2.24) is 4.98 Å². The highest BCUT2D eigenvalue weighted by Crippen LogP contribution is 2.33. The van der Waals surface area contributed by atoms with Crippen LogP contribution >= 0.6 is 0 Å². The molecule has 1 heterocycles. The van der Waals surface area contributed by atoms with Gasteiger partial charge in [-0.1, -0.05) is 6.92 Å². The molecule has 1 fully saturated rings. The van der Waals surface area contributed by atoms with E-state index in [-0.39, 0.29) is 6.61 Å². The molecule has 1 saturated carbocycles. The van der Waals surface area contributed by atoms with Gasteiger partial charge in [0.25, 0.3) is 0 Å². The molecule has 3 nitrogen and oxygen atoms in total. The second-order valence-corrected chi connectivity index (χ2v) is 4.97. The van der Waals surface area contributed by atoms with Gasteiger partial charge < -0.3 is 10.0 Å². The van der Waals surface area contributed by atoms with Gasteiger partial charge in [0.05, 0.1) is 6.61 Å². The molecule has 0 spiro atoms. The molecule has 1 N–H and O–H groups in total. The number of rotatable bonds is 5. The SMILES string of the molecule is CCCN(c1nc(C)cc(C)c1CO)C1CC1. The maximum atomic E-state index is 9.54. The summed E-state index contributed by atoms with van der Waals surface area (Å²) in [6.45, 7) is 7.39. The molecule has 1 aromatic rings. The van der Waals surface area contributed by atoms with Gasteiger partial charge in [0.2, 0.25) is 0 Å². The van der Waals surface area contributed by atoms with Crippen LogP contribution in [0.3, 0.4) is 0 Å². The van der Waals surface area contributed by atoms with Gasteiger partial charge in [0, 0.05) is 23.8 Å². The van der Waals surface area contributed by atoms with Crippen molar-refractivity contribution in [2.75, 3.05) is 11.4 Å². The number of anilines is 1. The zero-order valence-electron chi connectivity index (χ0n) is 11.0. The molecule has 0 radical (unpaired) electrons. The fourth-order valence-corrected chi connectivity index (χ4v) is 2.37. The Bertz CT molecular complexity index is 399. The first-order chi connectivity index (χ1) is 8.17. The Kier molecular flexibility index (Phi) is 3.67. The van der Waals surface area contributed by atoms with E-state index in [1.54, 1.807) is 0 Å². The van der Waals surface area contributed by atoms with E-state index < -0.39 is 0 Å². The summed E-state index contributed by atoms with van der Waals surface area (Å²) in [5, 5.41) is 9.54. The number of aliphatic hydroxyl groups is 1. The van der Waals surface area contributed by atoms with Crippen LogP contribution in [0.1, 0.15) is 43.0 Å². The van der Waals surface area contributed by atoms with E-state index >= 15 is 0 Å². The molecule has 0 bridgehead atoms. The molecule has 1 aliphatic rings. The number of aliphatic hydroxyl groups excluding tert-OH is 1. The van der Waals surface area contributed by atoms with Gasteiger partial charge in [-0.3, -0.25) is 0 Å². The summed E-state index contributed by atoms with van der Waals surface area (Å²) in [6, 6.07) is 2.69. The number of nitrogens with zero attached hydrogens (tertiary/aromatic N) is 2. The van der Waals surface area contributed by atoms with Gasteiger partial charge in [-0.15, -0.1) is 0 Å². The summed E-state index contributed by atoms with van der Waals surface area (Å²) < 4.78 is 0. The third-order valence-corrected chi connectivity index (χ3v) is 3.34. The van der Waals surface area contributed by atoms with E-state index in [0.29, 0.717) is 6.04 Å². The molecule has 3 heteroatoms. The molecule has 1 aliphatic carbocycles. The largest absolute Gasteiger partial charge is 0.392 e. The lowest BCUT2D eigenvalue weighted by Crippen LogP contribution is -2.29. The minimum atomic E-state index is 0.0847. The van der Waals surface area contributed by atoms with E-state index in [0.717, 1.165) is 35.6 Å². The quantitative estimate of drug-likeness (QED) is 0.850. The second-order valence-electron chi connectivity index (χ2n) is 4.97. The highest BCUT2D eigenvalue weighted by atomic mass is 16.3. The summed E-state index contributed by atoms with van der Waals surface area (Å²) in [5.74, 6) is 1.01. The van der Waals surface area contributed by atoms with Crippen molar-refractivity contribution in [3.63, 3.8) is 0 Å². The van der Waals surface area contributed by atoms with Crippen LogP contribution in [0.2, 0.25) is 0 Å². The van der Waals surface area contributed by atoms with Crippen molar-refractivity contribution >= 4 is 5.82 Å². The number of aryl methyl sites for hydroxylation is 2. The Hall–Kier alpha value is -1.09. The van der Waals surface area contributed by atoms with Gasteiger partial charge in [-0.2, -0.15) is 0 Å². The number of hydrogen-bond donors (Lipinski definition) is 1.